The summed E-state index contributed by atoms with van der Waals surface area (Å²) < 4.78 is 14.5. The fourth-order valence-corrected chi connectivity index (χ4v) is 4.86. The van der Waals surface area contributed by atoms with E-state index in [4.69, 9.17) is 17.3 Å². The summed E-state index contributed by atoms with van der Waals surface area (Å²) in [4.78, 5) is 32.7. The smallest absolute Gasteiger partial charge is 0.275 e. The fraction of sp³-hybridized carbons (Fsp3) is 0.227. The summed E-state index contributed by atoms with van der Waals surface area (Å²) in [6, 6.07) is 10.2. The molecule has 2 aromatic carbocycles. The lowest BCUT2D eigenvalue weighted by molar-refractivity contribution is -0.123. The Bertz CT molecular complexity index is 1120. The Morgan fingerprint density at radius 3 is 2.67 bits per heavy atom. The molecule has 0 spiro atoms. The Labute approximate surface area is 182 Å². The van der Waals surface area contributed by atoms with E-state index in [0.717, 1.165) is 4.88 Å². The molecule has 1 heterocycles. The van der Waals surface area contributed by atoms with Crippen molar-refractivity contribution in [1.82, 2.24) is 9.88 Å². The van der Waals surface area contributed by atoms with Gasteiger partial charge >= 0.3 is 0 Å². The lowest BCUT2D eigenvalue weighted by Crippen LogP contribution is -2.43. The van der Waals surface area contributed by atoms with Crippen molar-refractivity contribution in [3.8, 4) is 0 Å². The van der Waals surface area contributed by atoms with E-state index in [2.05, 4.69) is 4.98 Å². The van der Waals surface area contributed by atoms with Gasteiger partial charge in [0, 0.05) is 9.90 Å². The van der Waals surface area contributed by atoms with Gasteiger partial charge in [-0.25, -0.2) is 9.37 Å². The van der Waals surface area contributed by atoms with Crippen molar-refractivity contribution in [3.05, 3.63) is 86.1 Å². The van der Waals surface area contributed by atoms with Crippen LogP contribution in [0.1, 0.15) is 50.6 Å². The van der Waals surface area contributed by atoms with Crippen molar-refractivity contribution >= 4 is 34.8 Å². The fourth-order valence-electron chi connectivity index (χ4n) is 4.08. The second-order valence-corrected chi connectivity index (χ2v) is 8.69. The summed E-state index contributed by atoms with van der Waals surface area (Å²) in [6.45, 7) is 1.80. The van der Waals surface area contributed by atoms with Gasteiger partial charge in [0.25, 0.3) is 5.91 Å². The van der Waals surface area contributed by atoms with Crippen LogP contribution < -0.4 is 5.73 Å². The van der Waals surface area contributed by atoms with Crippen LogP contribution in [0.15, 0.2) is 48.0 Å². The maximum Gasteiger partial charge on any atom is 0.275 e. The van der Waals surface area contributed by atoms with Crippen LogP contribution in [-0.4, -0.2) is 21.7 Å². The number of aromatic nitrogens is 1. The third-order valence-corrected chi connectivity index (χ3v) is 6.38. The van der Waals surface area contributed by atoms with E-state index in [1.165, 1.54) is 22.3 Å². The van der Waals surface area contributed by atoms with Crippen molar-refractivity contribution in [2.45, 2.75) is 31.8 Å². The zero-order chi connectivity index (χ0) is 21.4. The number of carbonyl (C=O) groups is 2. The van der Waals surface area contributed by atoms with E-state index in [-0.39, 0.29) is 10.7 Å². The van der Waals surface area contributed by atoms with Crippen molar-refractivity contribution in [2.75, 3.05) is 0 Å². The Morgan fingerprint density at radius 2 is 2.03 bits per heavy atom. The molecule has 2 atom stereocenters. The van der Waals surface area contributed by atoms with Gasteiger partial charge in [0.1, 0.15) is 17.6 Å². The largest absolute Gasteiger partial charge is 0.368 e. The van der Waals surface area contributed by atoms with Gasteiger partial charge in [0.05, 0.1) is 11.6 Å². The summed E-state index contributed by atoms with van der Waals surface area (Å²) in [7, 11) is 0. The maximum atomic E-state index is 14.5. The number of benzene rings is 2. The van der Waals surface area contributed by atoms with Crippen LogP contribution in [0.2, 0.25) is 5.02 Å². The predicted octanol–water partition coefficient (Wildman–Crippen LogP) is 4.60. The second kappa shape index (κ2) is 8.16. The van der Waals surface area contributed by atoms with Crippen LogP contribution in [0, 0.1) is 12.7 Å². The first-order chi connectivity index (χ1) is 14.4. The Hall–Kier alpha value is -2.77. The molecule has 5 nitrogen and oxygen atoms in total. The molecule has 8 heteroatoms. The van der Waals surface area contributed by atoms with Crippen LogP contribution in [0.25, 0.3) is 0 Å². The van der Waals surface area contributed by atoms with E-state index in [9.17, 15) is 14.0 Å². The SMILES string of the molecule is Cc1scnc1C(=O)N([C@@H]1CCc2c(F)cc(Cl)cc21)[C@@H](C(N)=O)c1ccccc1. The highest BCUT2D eigenvalue weighted by molar-refractivity contribution is 7.09. The molecule has 30 heavy (non-hydrogen) atoms. The lowest BCUT2D eigenvalue weighted by Gasteiger charge is -2.35. The highest BCUT2D eigenvalue weighted by atomic mass is 35.5. The normalized spacial score (nSPS) is 16.2. The Morgan fingerprint density at radius 1 is 1.30 bits per heavy atom. The van der Waals surface area contributed by atoms with Gasteiger partial charge in [-0.2, -0.15) is 0 Å². The van der Waals surface area contributed by atoms with Gasteiger partial charge in [-0.05, 0) is 48.6 Å². The first kappa shape index (κ1) is 20.5. The van der Waals surface area contributed by atoms with Gasteiger partial charge in [0.2, 0.25) is 5.91 Å². The molecule has 0 aliphatic heterocycles. The lowest BCUT2D eigenvalue weighted by atomic mass is 9.98. The molecule has 3 aromatic rings. The number of aryl methyl sites for hydroxylation is 1. The van der Waals surface area contributed by atoms with Crippen LogP contribution in [0.5, 0.6) is 0 Å². The van der Waals surface area contributed by atoms with Crippen LogP contribution in [0.4, 0.5) is 4.39 Å². The number of nitrogens with two attached hydrogens (primary N) is 1. The quantitative estimate of drug-likeness (QED) is 0.626. The first-order valence-corrected chi connectivity index (χ1v) is 10.7. The zero-order valence-electron chi connectivity index (χ0n) is 16.1. The molecule has 0 radical (unpaired) electrons. The van der Waals surface area contributed by atoms with Gasteiger partial charge < -0.3 is 10.6 Å². The van der Waals surface area contributed by atoms with Crippen molar-refractivity contribution in [3.63, 3.8) is 0 Å². The number of halogens is 2. The molecule has 0 saturated heterocycles. The molecule has 0 fully saturated rings. The molecular formula is C22H19ClFN3O2S. The number of nitrogens with zero attached hydrogens (tertiary/aromatic N) is 2. The van der Waals surface area contributed by atoms with Gasteiger partial charge in [-0.1, -0.05) is 41.9 Å². The zero-order valence-corrected chi connectivity index (χ0v) is 17.7. The minimum Gasteiger partial charge on any atom is -0.368 e. The number of carbonyl (C=O) groups excluding carboxylic acids is 2. The van der Waals surface area contributed by atoms with Crippen LogP contribution in [-0.2, 0) is 11.2 Å². The molecule has 1 aliphatic rings. The third-order valence-electron chi connectivity index (χ3n) is 5.40. The van der Waals surface area contributed by atoms with E-state index in [0.29, 0.717) is 29.5 Å². The average Bonchev–Trinajstić information content (AvgIpc) is 3.32. The Balaban J connectivity index is 1.89. The summed E-state index contributed by atoms with van der Waals surface area (Å²) >= 11 is 7.46. The van der Waals surface area contributed by atoms with Crippen molar-refractivity contribution in [1.29, 1.82) is 0 Å². The topological polar surface area (TPSA) is 76.3 Å². The molecule has 0 saturated carbocycles. The van der Waals surface area contributed by atoms with Gasteiger partial charge in [0.15, 0.2) is 0 Å². The highest BCUT2D eigenvalue weighted by Gasteiger charge is 2.41. The molecule has 1 aromatic heterocycles. The molecule has 2 amide bonds. The molecule has 4 rings (SSSR count). The van der Waals surface area contributed by atoms with E-state index < -0.39 is 29.7 Å². The Kier molecular flexibility index (Phi) is 5.58. The van der Waals surface area contributed by atoms with Crippen LogP contribution >= 0.6 is 22.9 Å². The summed E-state index contributed by atoms with van der Waals surface area (Å²) in [6.07, 6.45) is 0.890. The highest BCUT2D eigenvalue weighted by Crippen LogP contribution is 2.43. The minimum absolute atomic E-state index is 0.241. The molecule has 0 unspecified atom stereocenters. The monoisotopic (exact) mass is 443 g/mol. The van der Waals surface area contributed by atoms with Gasteiger partial charge in [-0.15, -0.1) is 11.3 Å². The maximum absolute atomic E-state index is 14.5. The minimum atomic E-state index is -1.03. The molecule has 0 bridgehead atoms. The van der Waals surface area contributed by atoms with Crippen molar-refractivity contribution in [2.24, 2.45) is 5.73 Å². The third kappa shape index (κ3) is 3.59. The molecule has 1 aliphatic carbocycles. The first-order valence-electron chi connectivity index (χ1n) is 9.43. The number of hydrogen-bond acceptors (Lipinski definition) is 4. The molecule has 2 N–H and O–H groups in total. The number of primary amides is 1. The van der Waals surface area contributed by atoms with Gasteiger partial charge in [-0.3, -0.25) is 9.59 Å². The average molecular weight is 444 g/mol. The number of hydrogen-bond donors (Lipinski definition) is 1. The summed E-state index contributed by atoms with van der Waals surface area (Å²) in [5.41, 5.74) is 9.34. The van der Waals surface area contributed by atoms with Crippen LogP contribution in [0.3, 0.4) is 0 Å². The summed E-state index contributed by atoms with van der Waals surface area (Å²) in [5, 5.41) is 0.241. The summed E-state index contributed by atoms with van der Waals surface area (Å²) in [5.74, 6) is -1.49. The number of amides is 2. The number of thiazole rings is 1. The van der Waals surface area contributed by atoms with E-state index >= 15 is 0 Å². The standard InChI is InChI=1S/C22H19ClFN3O2S/c1-12-19(26-11-30-12)22(29)27(20(21(25)28)13-5-3-2-4-6-13)18-8-7-15-16(18)9-14(23)10-17(15)24/h2-6,9-11,18,20H,7-8H2,1H3,(H2,25,28)/t18-,20-/m1/s1. The molecule has 154 valence electrons. The number of rotatable bonds is 5. The molecular weight excluding hydrogens is 425 g/mol. The number of fused-ring (bicyclic) bond motifs is 1. The van der Waals surface area contributed by atoms with E-state index in [1.54, 1.807) is 42.8 Å². The predicted molar refractivity (Wildman–Crippen MR) is 114 cm³/mol. The van der Waals surface area contributed by atoms with E-state index in [1.807, 2.05) is 6.07 Å². The second-order valence-electron chi connectivity index (χ2n) is 7.20. The van der Waals surface area contributed by atoms with Crippen molar-refractivity contribution < 1.29 is 14.0 Å².